The molecule has 1 atom stereocenters. The minimum Gasteiger partial charge on any atom is -0.441 e. The molecular formula is C24H22ClFN4O2. The topological polar surface area (TPSA) is 73.0 Å². The number of benzene rings is 2. The van der Waals surface area contributed by atoms with E-state index < -0.39 is 0 Å². The van der Waals surface area contributed by atoms with Crippen LogP contribution in [0, 0.1) is 12.7 Å². The molecule has 4 rings (SSSR count). The van der Waals surface area contributed by atoms with Gasteiger partial charge in [0.15, 0.2) is 11.7 Å². The summed E-state index contributed by atoms with van der Waals surface area (Å²) in [6.07, 6.45) is 4.00. The highest BCUT2D eigenvalue weighted by atomic mass is 35.5. The van der Waals surface area contributed by atoms with E-state index in [4.69, 9.17) is 16.0 Å². The van der Waals surface area contributed by atoms with Crippen LogP contribution < -0.4 is 5.32 Å². The first-order valence-corrected chi connectivity index (χ1v) is 10.6. The lowest BCUT2D eigenvalue weighted by molar-refractivity contribution is -0.121. The fourth-order valence-corrected chi connectivity index (χ4v) is 3.60. The zero-order chi connectivity index (χ0) is 22.7. The summed E-state index contributed by atoms with van der Waals surface area (Å²) in [7, 11) is 0. The van der Waals surface area contributed by atoms with E-state index in [1.807, 2.05) is 26.0 Å². The van der Waals surface area contributed by atoms with E-state index >= 15 is 0 Å². The second-order valence-corrected chi connectivity index (χ2v) is 7.92. The second-order valence-electron chi connectivity index (χ2n) is 7.49. The monoisotopic (exact) mass is 452 g/mol. The quantitative estimate of drug-likeness (QED) is 0.405. The van der Waals surface area contributed by atoms with Crippen molar-refractivity contribution in [1.82, 2.24) is 20.1 Å². The van der Waals surface area contributed by atoms with Gasteiger partial charge in [-0.15, -0.1) is 0 Å². The number of carbonyl (C=O) groups excluding carboxylic acids is 1. The van der Waals surface area contributed by atoms with Gasteiger partial charge in [-0.3, -0.25) is 4.79 Å². The number of hydrogen-bond donors (Lipinski definition) is 1. The Morgan fingerprint density at radius 2 is 1.88 bits per heavy atom. The van der Waals surface area contributed by atoms with Crippen molar-refractivity contribution in [2.45, 2.75) is 32.7 Å². The molecule has 0 fully saturated rings. The number of halogens is 2. The third kappa shape index (κ3) is 4.89. The van der Waals surface area contributed by atoms with Gasteiger partial charge in [0, 0.05) is 34.7 Å². The lowest BCUT2D eigenvalue weighted by atomic mass is 10.1. The Morgan fingerprint density at radius 3 is 2.59 bits per heavy atom. The highest BCUT2D eigenvalue weighted by Gasteiger charge is 2.17. The van der Waals surface area contributed by atoms with Gasteiger partial charge in [-0.05, 0) is 62.4 Å². The van der Waals surface area contributed by atoms with Crippen LogP contribution in [0.15, 0.2) is 65.3 Å². The summed E-state index contributed by atoms with van der Waals surface area (Å²) in [5, 5.41) is 8.02. The van der Waals surface area contributed by atoms with Crippen molar-refractivity contribution in [3.05, 3.63) is 88.9 Å². The van der Waals surface area contributed by atoms with E-state index in [9.17, 15) is 9.18 Å². The summed E-state index contributed by atoms with van der Waals surface area (Å²) in [5.74, 6) is 0.718. The van der Waals surface area contributed by atoms with Gasteiger partial charge in [0.25, 0.3) is 0 Å². The molecule has 0 spiro atoms. The summed E-state index contributed by atoms with van der Waals surface area (Å²) >= 11 is 5.91. The van der Waals surface area contributed by atoms with E-state index in [1.165, 1.54) is 12.1 Å². The van der Waals surface area contributed by atoms with Crippen LogP contribution in [0.25, 0.3) is 17.0 Å². The molecule has 0 aliphatic heterocycles. The number of nitrogens with zero attached hydrogens (tertiary/aromatic N) is 3. The molecule has 2 heterocycles. The molecule has 0 saturated heterocycles. The molecule has 6 nitrogen and oxygen atoms in total. The van der Waals surface area contributed by atoms with Crippen molar-refractivity contribution in [2.75, 3.05) is 0 Å². The van der Waals surface area contributed by atoms with Crippen molar-refractivity contribution >= 4 is 17.5 Å². The van der Waals surface area contributed by atoms with E-state index in [0.29, 0.717) is 23.1 Å². The Kier molecular flexibility index (Phi) is 6.37. The molecular weight excluding hydrogens is 431 g/mol. The van der Waals surface area contributed by atoms with Gasteiger partial charge in [0.2, 0.25) is 5.91 Å². The fourth-order valence-electron chi connectivity index (χ4n) is 3.48. The molecule has 4 aromatic rings. The SMILES string of the molecule is Cc1c(C(C)NC(=O)CCc2ncc(-c3ccc(Cl)cc3)o2)cnn1-c1ccc(F)cc1. The molecule has 1 N–H and O–H groups in total. The number of aryl methyl sites for hydroxylation is 1. The molecule has 2 aromatic carbocycles. The molecule has 8 heteroatoms. The molecule has 0 bridgehead atoms. The smallest absolute Gasteiger partial charge is 0.220 e. The van der Waals surface area contributed by atoms with Gasteiger partial charge in [0.05, 0.1) is 24.1 Å². The van der Waals surface area contributed by atoms with Gasteiger partial charge < -0.3 is 9.73 Å². The zero-order valence-electron chi connectivity index (χ0n) is 17.7. The van der Waals surface area contributed by atoms with Crippen molar-refractivity contribution in [3.63, 3.8) is 0 Å². The van der Waals surface area contributed by atoms with Crippen LogP contribution in [0.3, 0.4) is 0 Å². The number of oxazole rings is 1. The lowest BCUT2D eigenvalue weighted by Gasteiger charge is -2.14. The Balaban J connectivity index is 1.35. The number of amides is 1. The number of nitrogens with one attached hydrogen (secondary N) is 1. The van der Waals surface area contributed by atoms with E-state index in [2.05, 4.69) is 15.4 Å². The molecule has 0 aliphatic carbocycles. The molecule has 1 unspecified atom stereocenters. The highest BCUT2D eigenvalue weighted by molar-refractivity contribution is 6.30. The predicted octanol–water partition coefficient (Wildman–Crippen LogP) is 5.44. The van der Waals surface area contributed by atoms with Crippen molar-refractivity contribution in [1.29, 1.82) is 0 Å². The van der Waals surface area contributed by atoms with Gasteiger partial charge in [-0.1, -0.05) is 11.6 Å². The number of carbonyl (C=O) groups is 1. The molecule has 2 aromatic heterocycles. The predicted molar refractivity (Wildman–Crippen MR) is 120 cm³/mol. The van der Waals surface area contributed by atoms with Gasteiger partial charge in [-0.25, -0.2) is 14.1 Å². The fraction of sp³-hybridized carbons (Fsp3) is 0.208. The van der Waals surface area contributed by atoms with Crippen LogP contribution in [0.4, 0.5) is 4.39 Å². The lowest BCUT2D eigenvalue weighted by Crippen LogP contribution is -2.27. The van der Waals surface area contributed by atoms with Crippen molar-refractivity contribution < 1.29 is 13.6 Å². The Bertz CT molecular complexity index is 1220. The summed E-state index contributed by atoms with van der Waals surface area (Å²) in [6.45, 7) is 3.82. The molecule has 0 aliphatic rings. The summed E-state index contributed by atoms with van der Waals surface area (Å²) in [4.78, 5) is 16.7. The van der Waals surface area contributed by atoms with E-state index in [0.717, 1.165) is 22.5 Å². The van der Waals surface area contributed by atoms with Gasteiger partial charge >= 0.3 is 0 Å². The number of hydrogen-bond acceptors (Lipinski definition) is 4. The third-order valence-electron chi connectivity index (χ3n) is 5.21. The normalized spacial score (nSPS) is 12.0. The molecule has 164 valence electrons. The minimum atomic E-state index is -0.300. The van der Waals surface area contributed by atoms with Crippen LogP contribution in [-0.4, -0.2) is 20.7 Å². The second kappa shape index (κ2) is 9.36. The maximum atomic E-state index is 13.2. The average molecular weight is 453 g/mol. The first-order chi connectivity index (χ1) is 15.4. The van der Waals surface area contributed by atoms with Crippen LogP contribution in [0.2, 0.25) is 5.02 Å². The maximum absolute atomic E-state index is 13.2. The standard InChI is InChI=1S/C24H22ClFN4O2/c1-15(21-13-28-30(16(21)2)20-9-7-19(26)8-10-20)29-23(31)11-12-24-27-14-22(32-24)17-3-5-18(25)6-4-17/h3-10,13-15H,11-12H2,1-2H3,(H,29,31). The largest absolute Gasteiger partial charge is 0.441 e. The highest BCUT2D eigenvalue weighted by Crippen LogP contribution is 2.23. The first-order valence-electron chi connectivity index (χ1n) is 10.2. The Hall–Kier alpha value is -3.45. The molecule has 0 radical (unpaired) electrons. The molecule has 0 saturated carbocycles. The van der Waals surface area contributed by atoms with Crippen molar-refractivity contribution in [2.24, 2.45) is 0 Å². The minimum absolute atomic E-state index is 0.113. The Morgan fingerprint density at radius 1 is 1.16 bits per heavy atom. The first kappa shape index (κ1) is 21.8. The average Bonchev–Trinajstić information content (AvgIpc) is 3.40. The van der Waals surface area contributed by atoms with Gasteiger partial charge in [0.1, 0.15) is 5.82 Å². The van der Waals surface area contributed by atoms with Crippen LogP contribution >= 0.6 is 11.6 Å². The van der Waals surface area contributed by atoms with Crippen LogP contribution in [0.5, 0.6) is 0 Å². The molecule has 1 amide bonds. The van der Waals surface area contributed by atoms with Crippen molar-refractivity contribution in [3.8, 4) is 17.0 Å². The summed E-state index contributed by atoms with van der Waals surface area (Å²) in [5.41, 5.74) is 3.41. The summed E-state index contributed by atoms with van der Waals surface area (Å²) in [6, 6.07) is 13.2. The number of aromatic nitrogens is 3. The third-order valence-corrected chi connectivity index (χ3v) is 5.46. The summed E-state index contributed by atoms with van der Waals surface area (Å²) < 4.78 is 20.7. The van der Waals surface area contributed by atoms with Crippen LogP contribution in [-0.2, 0) is 11.2 Å². The van der Waals surface area contributed by atoms with Gasteiger partial charge in [-0.2, -0.15) is 5.10 Å². The van der Waals surface area contributed by atoms with E-state index in [-0.39, 0.29) is 24.2 Å². The maximum Gasteiger partial charge on any atom is 0.220 e. The van der Waals surface area contributed by atoms with E-state index in [1.54, 1.807) is 41.3 Å². The number of rotatable bonds is 7. The molecule has 32 heavy (non-hydrogen) atoms. The Labute approximate surface area is 190 Å². The zero-order valence-corrected chi connectivity index (χ0v) is 18.4. The van der Waals surface area contributed by atoms with Crippen LogP contribution in [0.1, 0.15) is 36.5 Å².